The highest BCUT2D eigenvalue weighted by Gasteiger charge is 2.09. The van der Waals surface area contributed by atoms with Crippen LogP contribution in [0.1, 0.15) is 15.4 Å². The van der Waals surface area contributed by atoms with Gasteiger partial charge < -0.3 is 0 Å². The highest BCUT2D eigenvalue weighted by atomic mass is 79.9. The molecule has 0 fully saturated rings. The van der Waals surface area contributed by atoms with Gasteiger partial charge in [-0.05, 0) is 42.0 Å². The molecule has 1 aromatic heterocycles. The number of aromatic nitrogens is 2. The average molecular weight is 348 g/mol. The molecule has 0 aliphatic carbocycles. The van der Waals surface area contributed by atoms with Crippen molar-refractivity contribution in [2.24, 2.45) is 0 Å². The summed E-state index contributed by atoms with van der Waals surface area (Å²) >= 11 is 4.79. The summed E-state index contributed by atoms with van der Waals surface area (Å²) in [5.74, 6) is -0.175. The first-order chi connectivity index (χ1) is 9.61. The third-order valence-corrected chi connectivity index (χ3v) is 4.06. The zero-order chi connectivity index (χ0) is 14.1. The predicted molar refractivity (Wildman–Crippen MR) is 84.2 cm³/mol. The van der Waals surface area contributed by atoms with Crippen LogP contribution in [0, 0.1) is 6.92 Å². The standard InChI is InChI=1S/C14H10BrN3OS/c1-8-17-18-14(20-8)16-13(19)11-3-2-10-7-12(15)5-4-9(10)6-11/h2-7H,1H3,(H,16,18,19). The minimum Gasteiger partial charge on any atom is -0.296 e. The zero-order valence-electron chi connectivity index (χ0n) is 10.6. The summed E-state index contributed by atoms with van der Waals surface area (Å²) in [4.78, 5) is 12.2. The Morgan fingerprint density at radius 3 is 2.65 bits per heavy atom. The van der Waals surface area contributed by atoms with Gasteiger partial charge in [0.25, 0.3) is 5.91 Å². The highest BCUT2D eigenvalue weighted by molar-refractivity contribution is 9.10. The van der Waals surface area contributed by atoms with Crippen LogP contribution in [-0.4, -0.2) is 16.1 Å². The lowest BCUT2D eigenvalue weighted by atomic mass is 10.1. The van der Waals surface area contributed by atoms with E-state index >= 15 is 0 Å². The molecule has 1 N–H and O–H groups in total. The highest BCUT2D eigenvalue weighted by Crippen LogP contribution is 2.22. The van der Waals surface area contributed by atoms with Crippen LogP contribution in [0.15, 0.2) is 40.9 Å². The lowest BCUT2D eigenvalue weighted by Gasteiger charge is -2.04. The Bertz CT molecular complexity index is 800. The number of amides is 1. The molecular formula is C14H10BrN3OS. The molecule has 0 atom stereocenters. The van der Waals surface area contributed by atoms with Gasteiger partial charge in [0.15, 0.2) is 0 Å². The third kappa shape index (κ3) is 2.71. The van der Waals surface area contributed by atoms with E-state index in [9.17, 15) is 4.79 Å². The Balaban J connectivity index is 1.89. The first-order valence-electron chi connectivity index (χ1n) is 5.92. The molecule has 3 rings (SSSR count). The Morgan fingerprint density at radius 2 is 1.90 bits per heavy atom. The Labute approximate surface area is 128 Å². The monoisotopic (exact) mass is 347 g/mol. The predicted octanol–water partition coefficient (Wildman–Crippen LogP) is 4.01. The molecule has 0 saturated heterocycles. The largest absolute Gasteiger partial charge is 0.296 e. The average Bonchev–Trinajstić information content (AvgIpc) is 2.83. The van der Waals surface area contributed by atoms with Gasteiger partial charge in [0.05, 0.1) is 0 Å². The maximum absolute atomic E-state index is 12.2. The van der Waals surface area contributed by atoms with E-state index in [4.69, 9.17) is 0 Å². The lowest BCUT2D eigenvalue weighted by molar-refractivity contribution is 0.102. The number of nitrogens with one attached hydrogen (secondary N) is 1. The van der Waals surface area contributed by atoms with Crippen molar-refractivity contribution in [3.05, 3.63) is 51.4 Å². The number of aryl methyl sites for hydroxylation is 1. The fourth-order valence-corrected chi connectivity index (χ4v) is 2.84. The molecule has 1 heterocycles. The summed E-state index contributed by atoms with van der Waals surface area (Å²) in [6.45, 7) is 1.85. The van der Waals surface area contributed by atoms with Gasteiger partial charge in [-0.3, -0.25) is 10.1 Å². The van der Waals surface area contributed by atoms with Gasteiger partial charge in [0, 0.05) is 10.0 Å². The van der Waals surface area contributed by atoms with Crippen LogP contribution < -0.4 is 5.32 Å². The SMILES string of the molecule is Cc1nnc(NC(=O)c2ccc3cc(Br)ccc3c2)s1. The zero-order valence-corrected chi connectivity index (χ0v) is 13.0. The molecule has 6 heteroatoms. The Kier molecular flexibility index (Phi) is 3.50. The smallest absolute Gasteiger partial charge is 0.257 e. The Morgan fingerprint density at radius 1 is 1.15 bits per heavy atom. The van der Waals surface area contributed by atoms with Crippen molar-refractivity contribution in [2.75, 3.05) is 5.32 Å². The van der Waals surface area contributed by atoms with Crippen molar-refractivity contribution < 1.29 is 4.79 Å². The second kappa shape index (κ2) is 5.30. The van der Waals surface area contributed by atoms with Gasteiger partial charge in [-0.2, -0.15) is 0 Å². The Hall–Kier alpha value is -1.79. The number of fused-ring (bicyclic) bond motifs is 1. The van der Waals surface area contributed by atoms with E-state index in [0.717, 1.165) is 20.3 Å². The van der Waals surface area contributed by atoms with Crippen LogP contribution in [0.3, 0.4) is 0 Å². The van der Waals surface area contributed by atoms with Gasteiger partial charge in [0.2, 0.25) is 5.13 Å². The molecule has 0 spiro atoms. The van der Waals surface area contributed by atoms with Gasteiger partial charge in [0.1, 0.15) is 5.01 Å². The van der Waals surface area contributed by atoms with Gasteiger partial charge in [-0.1, -0.05) is 39.4 Å². The van der Waals surface area contributed by atoms with E-state index in [-0.39, 0.29) is 5.91 Å². The van der Waals surface area contributed by atoms with Crippen molar-refractivity contribution in [3.63, 3.8) is 0 Å². The van der Waals surface area contributed by atoms with E-state index in [1.165, 1.54) is 11.3 Å². The molecule has 0 saturated carbocycles. The molecule has 0 radical (unpaired) electrons. The van der Waals surface area contributed by atoms with Crippen LogP contribution in [0.25, 0.3) is 10.8 Å². The van der Waals surface area contributed by atoms with E-state index < -0.39 is 0 Å². The minimum absolute atomic E-state index is 0.175. The number of halogens is 1. The van der Waals surface area contributed by atoms with Crippen LogP contribution in [0.4, 0.5) is 5.13 Å². The fourth-order valence-electron chi connectivity index (χ4n) is 1.87. The first-order valence-corrected chi connectivity index (χ1v) is 7.53. The van der Waals surface area contributed by atoms with E-state index in [1.807, 2.05) is 37.3 Å². The number of hydrogen-bond donors (Lipinski definition) is 1. The first kappa shape index (κ1) is 13.2. The van der Waals surface area contributed by atoms with Crippen molar-refractivity contribution in [1.82, 2.24) is 10.2 Å². The number of carbonyl (C=O) groups excluding carboxylic acids is 1. The normalized spacial score (nSPS) is 10.7. The van der Waals surface area contributed by atoms with Gasteiger partial charge in [-0.15, -0.1) is 10.2 Å². The second-order valence-electron chi connectivity index (χ2n) is 4.29. The fraction of sp³-hybridized carbons (Fsp3) is 0.0714. The number of carbonyl (C=O) groups is 1. The maximum Gasteiger partial charge on any atom is 0.257 e. The summed E-state index contributed by atoms with van der Waals surface area (Å²) in [7, 11) is 0. The van der Waals surface area contributed by atoms with Crippen LogP contribution in [-0.2, 0) is 0 Å². The number of anilines is 1. The molecule has 2 aromatic carbocycles. The topological polar surface area (TPSA) is 54.9 Å². The second-order valence-corrected chi connectivity index (χ2v) is 6.38. The molecule has 1 amide bonds. The molecule has 100 valence electrons. The van der Waals surface area contributed by atoms with E-state index in [0.29, 0.717) is 10.7 Å². The van der Waals surface area contributed by atoms with Crippen molar-refractivity contribution in [3.8, 4) is 0 Å². The molecule has 0 aliphatic rings. The van der Waals surface area contributed by atoms with Crippen LogP contribution in [0.5, 0.6) is 0 Å². The number of benzene rings is 2. The summed E-state index contributed by atoms with van der Waals surface area (Å²) in [5, 5.41) is 14.0. The summed E-state index contributed by atoms with van der Waals surface area (Å²) < 4.78 is 1.02. The van der Waals surface area contributed by atoms with Gasteiger partial charge >= 0.3 is 0 Å². The van der Waals surface area contributed by atoms with Crippen molar-refractivity contribution in [1.29, 1.82) is 0 Å². The molecular weight excluding hydrogens is 338 g/mol. The number of nitrogens with zero attached hydrogens (tertiary/aromatic N) is 2. The van der Waals surface area contributed by atoms with E-state index in [2.05, 4.69) is 31.4 Å². The molecule has 20 heavy (non-hydrogen) atoms. The summed E-state index contributed by atoms with van der Waals surface area (Å²) in [5.41, 5.74) is 0.604. The molecule has 0 unspecified atom stereocenters. The third-order valence-electron chi connectivity index (χ3n) is 2.81. The number of rotatable bonds is 2. The number of hydrogen-bond acceptors (Lipinski definition) is 4. The molecule has 0 bridgehead atoms. The van der Waals surface area contributed by atoms with Crippen LogP contribution >= 0.6 is 27.3 Å². The lowest BCUT2D eigenvalue weighted by Crippen LogP contribution is -2.11. The molecule has 0 aliphatic heterocycles. The van der Waals surface area contributed by atoms with E-state index in [1.54, 1.807) is 6.07 Å². The maximum atomic E-state index is 12.2. The van der Waals surface area contributed by atoms with Gasteiger partial charge in [-0.25, -0.2) is 0 Å². The van der Waals surface area contributed by atoms with Crippen LogP contribution in [0.2, 0.25) is 0 Å². The molecule has 3 aromatic rings. The summed E-state index contributed by atoms with van der Waals surface area (Å²) in [6, 6.07) is 11.6. The van der Waals surface area contributed by atoms with Crippen molar-refractivity contribution >= 4 is 49.1 Å². The minimum atomic E-state index is -0.175. The quantitative estimate of drug-likeness (QED) is 0.761. The van der Waals surface area contributed by atoms with Crippen molar-refractivity contribution in [2.45, 2.75) is 6.92 Å². The molecule has 4 nitrogen and oxygen atoms in total. The summed E-state index contributed by atoms with van der Waals surface area (Å²) in [6.07, 6.45) is 0.